The van der Waals surface area contributed by atoms with Gasteiger partial charge in [0.1, 0.15) is 108 Å². The van der Waals surface area contributed by atoms with Crippen molar-refractivity contribution in [3.8, 4) is 51.6 Å². The van der Waals surface area contributed by atoms with Gasteiger partial charge in [0.25, 0.3) is 0 Å². The predicted molar refractivity (Wildman–Crippen MR) is 251 cm³/mol. The average molecular weight is 1100 g/mol. The molecule has 1 aromatic heterocycles. The van der Waals surface area contributed by atoms with Gasteiger partial charge < -0.3 is 129 Å². The van der Waals surface area contributed by atoms with E-state index in [9.17, 15) is 86.5 Å². The van der Waals surface area contributed by atoms with Crippen LogP contribution in [0.3, 0.4) is 0 Å². The highest BCUT2D eigenvalue weighted by Gasteiger charge is 2.50. The van der Waals surface area contributed by atoms with E-state index in [-0.39, 0.29) is 39.5 Å². The summed E-state index contributed by atoms with van der Waals surface area (Å²) in [6, 6.07) is 11.5. The van der Waals surface area contributed by atoms with Crippen LogP contribution < -0.4 is 18.9 Å². The summed E-state index contributed by atoms with van der Waals surface area (Å²) in [5, 5.41) is 168. The second-order valence-corrected chi connectivity index (χ2v) is 18.4. The SMILES string of the molecule is COc1cc(-c2[o+]c3cc(O)cc(O[C@@H]4O[C@H](CO)[C@@H](O)[C@H](O)[C@H]4O)c3cc2O[C@@H]2O[C@H](CO[C@@H]3O[C@@H](C)[C@H](OC(=O)/C=C/c4ccc(O[C@@H]5O[C@H](CO)[C@@H](O)[C@H](O)[C@H]5O)cc4)[C@@H](O)[C@H]3O)[C@@H](O)[C@H](O)[C@H]2O)cc(O)c1O. The van der Waals surface area contributed by atoms with Gasteiger partial charge in [-0.25, -0.2) is 9.21 Å². The van der Waals surface area contributed by atoms with E-state index < -0.39 is 172 Å². The maximum absolute atomic E-state index is 12.9. The van der Waals surface area contributed by atoms with E-state index in [2.05, 4.69) is 0 Å². The molecule has 0 unspecified atom stereocenters. The van der Waals surface area contributed by atoms with Gasteiger partial charge in [-0.05, 0) is 30.7 Å². The van der Waals surface area contributed by atoms with Gasteiger partial charge >= 0.3 is 17.3 Å². The maximum atomic E-state index is 12.9. The molecule has 28 nitrogen and oxygen atoms in total. The van der Waals surface area contributed by atoms with Crippen LogP contribution in [0.1, 0.15) is 12.5 Å². The number of hydrogen-bond donors (Lipinski definition) is 16. The Labute approximate surface area is 435 Å². The van der Waals surface area contributed by atoms with E-state index in [4.69, 9.17) is 51.8 Å². The molecule has 0 spiro atoms. The van der Waals surface area contributed by atoms with Gasteiger partial charge in [-0.2, -0.15) is 0 Å². The lowest BCUT2D eigenvalue weighted by atomic mass is 9.98. The first kappa shape index (κ1) is 57.3. The second-order valence-electron chi connectivity index (χ2n) is 18.4. The number of phenolic OH excluding ortho intramolecular Hbond substituents is 3. The third-order valence-electron chi connectivity index (χ3n) is 13.2. The number of methoxy groups -OCH3 is 1. The lowest BCUT2D eigenvalue weighted by Crippen LogP contribution is -2.62. The number of aliphatic hydroxyl groups is 13. The normalized spacial score (nSPS) is 35.6. The summed E-state index contributed by atoms with van der Waals surface area (Å²) in [4.78, 5) is 12.9. The number of fused-ring (bicyclic) bond motifs is 1. The molecule has 77 heavy (non-hydrogen) atoms. The van der Waals surface area contributed by atoms with E-state index in [1.165, 1.54) is 56.5 Å². The first-order valence-corrected chi connectivity index (χ1v) is 23.8. The van der Waals surface area contributed by atoms with Crippen molar-refractivity contribution in [2.24, 2.45) is 0 Å². The molecule has 28 heteroatoms. The summed E-state index contributed by atoms with van der Waals surface area (Å²) in [5.41, 5.74) is 0.199. The Kier molecular flexibility index (Phi) is 17.9. The fourth-order valence-electron chi connectivity index (χ4n) is 8.79. The summed E-state index contributed by atoms with van der Waals surface area (Å²) in [7, 11) is 1.18. The molecule has 20 atom stereocenters. The van der Waals surface area contributed by atoms with Crippen LogP contribution >= 0.6 is 0 Å². The van der Waals surface area contributed by atoms with Crippen molar-refractivity contribution in [1.82, 2.24) is 0 Å². The molecule has 4 aromatic rings. The van der Waals surface area contributed by atoms with Crippen molar-refractivity contribution in [1.29, 1.82) is 0 Å². The van der Waals surface area contributed by atoms with Crippen LogP contribution in [0.4, 0.5) is 0 Å². The van der Waals surface area contributed by atoms with Crippen LogP contribution in [0.25, 0.3) is 28.4 Å². The van der Waals surface area contributed by atoms with Crippen LogP contribution in [0.5, 0.6) is 40.2 Å². The molecule has 4 aliphatic rings. The van der Waals surface area contributed by atoms with E-state index in [0.717, 1.165) is 24.3 Å². The Morgan fingerprint density at radius 2 is 1.14 bits per heavy atom. The van der Waals surface area contributed by atoms with Crippen molar-refractivity contribution >= 4 is 23.0 Å². The van der Waals surface area contributed by atoms with Crippen molar-refractivity contribution in [3.63, 3.8) is 0 Å². The average Bonchev–Trinajstić information content (AvgIpc) is 3.41. The van der Waals surface area contributed by atoms with Gasteiger partial charge in [0, 0.05) is 30.3 Å². The van der Waals surface area contributed by atoms with Crippen LogP contribution in [0.2, 0.25) is 0 Å². The molecule has 0 amide bonds. The molecular formula is C49H59O28+. The van der Waals surface area contributed by atoms with Crippen LogP contribution in [-0.2, 0) is 33.2 Å². The smallest absolute Gasteiger partial charge is 0.402 e. The fourth-order valence-corrected chi connectivity index (χ4v) is 8.79. The van der Waals surface area contributed by atoms with Gasteiger partial charge in [-0.3, -0.25) is 0 Å². The lowest BCUT2D eigenvalue weighted by Gasteiger charge is -2.42. The molecule has 3 aromatic carbocycles. The Balaban J connectivity index is 0.948. The Hall–Kier alpha value is -5.84. The summed E-state index contributed by atoms with van der Waals surface area (Å²) < 4.78 is 62.5. The zero-order valence-corrected chi connectivity index (χ0v) is 40.6. The molecule has 422 valence electrons. The topological polar surface area (TPSA) is 444 Å². The molecule has 8 rings (SSSR count). The van der Waals surface area contributed by atoms with Crippen molar-refractivity contribution in [3.05, 3.63) is 66.2 Å². The number of carbonyl (C=O) groups is 1. The minimum absolute atomic E-state index is 0.0637. The molecule has 4 aliphatic heterocycles. The molecular weight excluding hydrogens is 1040 g/mol. The fraction of sp³-hybridized carbons (Fsp3) is 0.510. The lowest BCUT2D eigenvalue weighted by molar-refractivity contribution is -0.319. The first-order chi connectivity index (χ1) is 36.6. The monoisotopic (exact) mass is 1100 g/mol. The molecule has 0 saturated carbocycles. The molecule has 0 bridgehead atoms. The molecule has 0 radical (unpaired) electrons. The Bertz CT molecular complexity index is 2690. The second kappa shape index (κ2) is 24.0. The predicted octanol–water partition coefficient (Wildman–Crippen LogP) is -3.84. The number of aliphatic hydroxyl groups excluding tert-OH is 13. The Morgan fingerprint density at radius 1 is 0.597 bits per heavy atom. The van der Waals surface area contributed by atoms with Gasteiger partial charge in [0.15, 0.2) is 23.9 Å². The number of hydrogen-bond acceptors (Lipinski definition) is 27. The van der Waals surface area contributed by atoms with E-state index in [1.807, 2.05) is 0 Å². The van der Waals surface area contributed by atoms with Crippen molar-refractivity contribution in [2.75, 3.05) is 26.9 Å². The summed E-state index contributed by atoms with van der Waals surface area (Å²) in [5.74, 6) is -3.92. The summed E-state index contributed by atoms with van der Waals surface area (Å²) in [6.07, 6.45) is -31.2. The number of rotatable bonds is 16. The number of phenols is 3. The maximum Gasteiger partial charge on any atom is 0.402 e. The zero-order valence-electron chi connectivity index (χ0n) is 40.6. The minimum atomic E-state index is -2.04. The van der Waals surface area contributed by atoms with Crippen LogP contribution in [0, 0.1) is 0 Å². The van der Waals surface area contributed by atoms with Crippen LogP contribution in [0.15, 0.2) is 65.1 Å². The summed E-state index contributed by atoms with van der Waals surface area (Å²) in [6.45, 7) is -0.770. The van der Waals surface area contributed by atoms with Crippen molar-refractivity contribution < 1.29 is 138 Å². The number of aromatic hydroxyl groups is 3. The Morgan fingerprint density at radius 3 is 1.73 bits per heavy atom. The summed E-state index contributed by atoms with van der Waals surface area (Å²) >= 11 is 0. The number of ether oxygens (including phenoxy) is 10. The van der Waals surface area contributed by atoms with E-state index >= 15 is 0 Å². The largest absolute Gasteiger partial charge is 0.507 e. The first-order valence-electron chi connectivity index (χ1n) is 23.8. The standard InChI is InChI=1S/C49H58O28/c1-17-44(77-31(54)8-5-18-3-6-21(7-4-18)70-47-40(63)36(59)33(56)28(14-50)74-47)39(62)43(66)46(69-17)68-16-30-35(58)38(61)42(65)49(76-30)73-27-13-22-24(71-45(27)19-9-23(53)32(55)26(10-19)67-2)11-20(52)12-25(22)72-48-41(64)37(60)34(57)29(15-51)75-48/h3-13,17,28-30,33-44,46-51,56-66H,14-16H2,1-2H3,(H2-,52,53,55)/p+1/b8-5+/t17-,28+,29+,30+,33+,34+,35+,36-,37-,38-,39-,40+,41+,42+,43+,44-,46+,47+,48+,49+/m0/s1. The molecule has 0 aliphatic carbocycles. The van der Waals surface area contributed by atoms with E-state index in [0.29, 0.717) is 5.56 Å². The van der Waals surface area contributed by atoms with Crippen LogP contribution in [-0.4, -0.2) is 237 Å². The number of esters is 1. The van der Waals surface area contributed by atoms with Crippen molar-refractivity contribution in [2.45, 2.75) is 130 Å². The van der Waals surface area contributed by atoms with Gasteiger partial charge in [-0.1, -0.05) is 12.1 Å². The number of benzene rings is 3. The number of carbonyl (C=O) groups excluding carboxylic acids is 1. The molecule has 4 fully saturated rings. The highest BCUT2D eigenvalue weighted by molar-refractivity contribution is 5.89. The minimum Gasteiger partial charge on any atom is -0.507 e. The highest BCUT2D eigenvalue weighted by atomic mass is 16.7. The molecule has 5 heterocycles. The van der Waals surface area contributed by atoms with E-state index in [1.54, 1.807) is 0 Å². The molecule has 4 saturated heterocycles. The molecule has 16 N–H and O–H groups in total. The third kappa shape index (κ3) is 12.1. The van der Waals surface area contributed by atoms with Gasteiger partial charge in [-0.15, -0.1) is 0 Å². The zero-order chi connectivity index (χ0) is 55.7. The van der Waals surface area contributed by atoms with Gasteiger partial charge in [0.2, 0.25) is 30.4 Å². The van der Waals surface area contributed by atoms with Gasteiger partial charge in [0.05, 0.1) is 44.7 Å². The quantitative estimate of drug-likeness (QED) is 0.0221. The third-order valence-corrected chi connectivity index (χ3v) is 13.2. The highest BCUT2D eigenvalue weighted by Crippen LogP contribution is 2.46.